The van der Waals surface area contributed by atoms with Gasteiger partial charge in [-0.05, 0) is 31.5 Å². The first kappa shape index (κ1) is 19.0. The van der Waals surface area contributed by atoms with Crippen LogP contribution in [0.5, 0.6) is 0 Å². The topological polar surface area (TPSA) is 84.9 Å². The van der Waals surface area contributed by atoms with E-state index in [1.54, 1.807) is 17.0 Å². The molecule has 0 saturated carbocycles. The molecule has 1 aromatic carbocycles. The van der Waals surface area contributed by atoms with Gasteiger partial charge in [0.2, 0.25) is 10.0 Å². The normalized spacial score (nSPS) is 21.3. The molecule has 2 aliphatic rings. The molecule has 0 aromatic heterocycles. The molecule has 1 saturated heterocycles. The van der Waals surface area contributed by atoms with Crippen LogP contribution in [0.3, 0.4) is 0 Å². The second-order valence-electron chi connectivity index (χ2n) is 6.50. The lowest BCUT2D eigenvalue weighted by atomic mass is 10.1. The van der Waals surface area contributed by atoms with Gasteiger partial charge < -0.3 is 14.4 Å². The lowest BCUT2D eigenvalue weighted by Gasteiger charge is -2.25. The number of nitrogens with zero attached hydrogens (tertiary/aromatic N) is 1. The van der Waals surface area contributed by atoms with E-state index in [1.165, 1.54) is 17.7 Å². The van der Waals surface area contributed by atoms with Crippen molar-refractivity contribution in [2.75, 3.05) is 39.5 Å². The number of nitrogens with one attached hydrogen (secondary N) is 1. The van der Waals surface area contributed by atoms with Crippen LogP contribution in [0.15, 0.2) is 40.8 Å². The van der Waals surface area contributed by atoms with Gasteiger partial charge in [-0.1, -0.05) is 17.7 Å². The SMILES string of the molecule is CC1=CCN(C(=O)c2cccc(S(=O)(=O)NC[C@H]3COCCO3)c2)CC1. The Morgan fingerprint density at radius 2 is 2.19 bits per heavy atom. The third-order valence-corrected chi connectivity index (χ3v) is 5.92. The van der Waals surface area contributed by atoms with Crippen molar-refractivity contribution in [2.45, 2.75) is 24.3 Å². The predicted molar refractivity (Wildman–Crippen MR) is 96.5 cm³/mol. The Morgan fingerprint density at radius 1 is 1.35 bits per heavy atom. The number of amides is 1. The van der Waals surface area contributed by atoms with E-state index in [-0.39, 0.29) is 23.5 Å². The Balaban J connectivity index is 1.68. The minimum absolute atomic E-state index is 0.0730. The molecule has 26 heavy (non-hydrogen) atoms. The van der Waals surface area contributed by atoms with Gasteiger partial charge in [-0.15, -0.1) is 0 Å². The van der Waals surface area contributed by atoms with Crippen LogP contribution in [0, 0.1) is 0 Å². The maximum absolute atomic E-state index is 12.6. The Labute approximate surface area is 154 Å². The van der Waals surface area contributed by atoms with Crippen molar-refractivity contribution >= 4 is 15.9 Å². The van der Waals surface area contributed by atoms with E-state index in [2.05, 4.69) is 4.72 Å². The van der Waals surface area contributed by atoms with Crippen LogP contribution in [-0.4, -0.2) is 64.8 Å². The van der Waals surface area contributed by atoms with E-state index in [0.29, 0.717) is 38.5 Å². The molecule has 1 N–H and O–H groups in total. The molecule has 2 heterocycles. The average Bonchev–Trinajstić information content (AvgIpc) is 2.67. The maximum atomic E-state index is 12.6. The average molecular weight is 380 g/mol. The third kappa shape index (κ3) is 4.70. The van der Waals surface area contributed by atoms with Crippen LogP contribution < -0.4 is 4.72 Å². The molecular weight excluding hydrogens is 356 g/mol. The van der Waals surface area contributed by atoms with E-state index < -0.39 is 10.0 Å². The van der Waals surface area contributed by atoms with Gasteiger partial charge in [0, 0.05) is 25.2 Å². The van der Waals surface area contributed by atoms with Crippen LogP contribution in [0.4, 0.5) is 0 Å². The summed E-state index contributed by atoms with van der Waals surface area (Å²) in [6.45, 7) is 4.73. The summed E-state index contributed by atoms with van der Waals surface area (Å²) in [5.41, 5.74) is 1.64. The van der Waals surface area contributed by atoms with E-state index in [0.717, 1.165) is 6.42 Å². The largest absolute Gasteiger partial charge is 0.376 e. The molecule has 0 aliphatic carbocycles. The number of hydrogen-bond donors (Lipinski definition) is 1. The molecule has 3 rings (SSSR count). The molecule has 142 valence electrons. The second kappa shape index (κ2) is 8.30. The Bertz CT molecular complexity index is 785. The number of carbonyl (C=O) groups excluding carboxylic acids is 1. The first-order valence-corrected chi connectivity index (χ1v) is 10.2. The highest BCUT2D eigenvalue weighted by molar-refractivity contribution is 7.89. The van der Waals surface area contributed by atoms with Crippen LogP contribution in [0.2, 0.25) is 0 Å². The summed E-state index contributed by atoms with van der Waals surface area (Å²) in [7, 11) is -3.72. The van der Waals surface area contributed by atoms with E-state index in [4.69, 9.17) is 9.47 Å². The van der Waals surface area contributed by atoms with Crippen LogP contribution in [-0.2, 0) is 19.5 Å². The van der Waals surface area contributed by atoms with Crippen LogP contribution >= 0.6 is 0 Å². The first-order valence-electron chi connectivity index (χ1n) is 8.70. The summed E-state index contributed by atoms with van der Waals surface area (Å²) in [4.78, 5) is 14.4. The molecular formula is C18H24N2O5S. The standard InChI is InChI=1S/C18H24N2O5S/c1-14-5-7-20(8-6-14)18(21)15-3-2-4-17(11-15)26(22,23)19-12-16-13-24-9-10-25-16/h2-5,11,16,19H,6-10,12-13H2,1H3/t16-/m0/s1. The van der Waals surface area contributed by atoms with Crippen molar-refractivity contribution in [3.8, 4) is 0 Å². The second-order valence-corrected chi connectivity index (χ2v) is 8.27. The van der Waals surface area contributed by atoms with Gasteiger partial charge in [0.15, 0.2) is 0 Å². The lowest BCUT2D eigenvalue weighted by molar-refractivity contribution is -0.0846. The van der Waals surface area contributed by atoms with Crippen LogP contribution in [0.25, 0.3) is 0 Å². The van der Waals surface area contributed by atoms with E-state index in [9.17, 15) is 13.2 Å². The summed E-state index contributed by atoms with van der Waals surface area (Å²) < 4.78 is 38.3. The molecule has 1 fully saturated rings. The fraction of sp³-hybridized carbons (Fsp3) is 0.500. The number of carbonyl (C=O) groups is 1. The molecule has 8 heteroatoms. The molecule has 1 atom stereocenters. The fourth-order valence-electron chi connectivity index (χ4n) is 2.87. The smallest absolute Gasteiger partial charge is 0.254 e. The summed E-state index contributed by atoms with van der Waals surface area (Å²) in [6, 6.07) is 6.14. The predicted octanol–water partition coefficient (Wildman–Crippen LogP) is 1.17. The van der Waals surface area contributed by atoms with Crippen LogP contribution in [0.1, 0.15) is 23.7 Å². The van der Waals surface area contributed by atoms with Crippen molar-refractivity contribution in [3.63, 3.8) is 0 Å². The van der Waals surface area contributed by atoms with Gasteiger partial charge in [0.1, 0.15) is 0 Å². The number of benzene rings is 1. The maximum Gasteiger partial charge on any atom is 0.254 e. The van der Waals surface area contributed by atoms with E-state index in [1.807, 2.05) is 13.0 Å². The number of ether oxygens (including phenoxy) is 2. The Kier molecular flexibility index (Phi) is 6.08. The molecule has 2 aliphatic heterocycles. The fourth-order valence-corrected chi connectivity index (χ4v) is 3.99. The van der Waals surface area contributed by atoms with Crippen molar-refractivity contribution in [3.05, 3.63) is 41.5 Å². The lowest BCUT2D eigenvalue weighted by Crippen LogP contribution is -2.39. The highest BCUT2D eigenvalue weighted by atomic mass is 32.2. The van der Waals surface area contributed by atoms with Gasteiger partial charge in [0.25, 0.3) is 5.91 Å². The molecule has 1 amide bonds. The Hall–Kier alpha value is -1.74. The summed E-state index contributed by atoms with van der Waals surface area (Å²) in [5, 5.41) is 0. The molecule has 1 aromatic rings. The minimum atomic E-state index is -3.72. The molecule has 0 bridgehead atoms. The van der Waals surface area contributed by atoms with Crippen molar-refractivity contribution in [2.24, 2.45) is 0 Å². The van der Waals surface area contributed by atoms with Gasteiger partial charge in [-0.25, -0.2) is 13.1 Å². The molecule has 0 radical (unpaired) electrons. The van der Waals surface area contributed by atoms with Gasteiger partial charge in [-0.3, -0.25) is 4.79 Å². The minimum Gasteiger partial charge on any atom is -0.376 e. The summed E-state index contributed by atoms with van der Waals surface area (Å²) >= 11 is 0. The first-order chi connectivity index (χ1) is 12.5. The summed E-state index contributed by atoms with van der Waals surface area (Å²) in [6.07, 6.45) is 2.57. The molecule has 0 spiro atoms. The van der Waals surface area contributed by atoms with Gasteiger partial charge in [-0.2, -0.15) is 0 Å². The molecule has 0 unspecified atom stereocenters. The highest BCUT2D eigenvalue weighted by Gasteiger charge is 2.22. The molecule has 7 nitrogen and oxygen atoms in total. The zero-order chi connectivity index (χ0) is 18.6. The van der Waals surface area contributed by atoms with Gasteiger partial charge in [0.05, 0.1) is 30.8 Å². The zero-order valence-electron chi connectivity index (χ0n) is 14.8. The quantitative estimate of drug-likeness (QED) is 0.775. The van der Waals surface area contributed by atoms with E-state index >= 15 is 0 Å². The monoisotopic (exact) mass is 380 g/mol. The third-order valence-electron chi connectivity index (χ3n) is 4.50. The van der Waals surface area contributed by atoms with Crippen molar-refractivity contribution < 1.29 is 22.7 Å². The number of rotatable bonds is 5. The summed E-state index contributed by atoms with van der Waals surface area (Å²) in [5.74, 6) is -0.158. The Morgan fingerprint density at radius 3 is 2.88 bits per heavy atom. The van der Waals surface area contributed by atoms with Crippen molar-refractivity contribution in [1.29, 1.82) is 0 Å². The van der Waals surface area contributed by atoms with Gasteiger partial charge >= 0.3 is 0 Å². The number of sulfonamides is 1. The number of hydrogen-bond acceptors (Lipinski definition) is 5. The zero-order valence-corrected chi connectivity index (χ0v) is 15.6. The van der Waals surface area contributed by atoms with Crippen molar-refractivity contribution in [1.82, 2.24) is 9.62 Å². The highest BCUT2D eigenvalue weighted by Crippen LogP contribution is 2.17.